The van der Waals surface area contributed by atoms with E-state index in [9.17, 15) is 5.11 Å². The van der Waals surface area contributed by atoms with Gasteiger partial charge in [0.05, 0.1) is 13.2 Å². The van der Waals surface area contributed by atoms with Crippen LogP contribution in [0.3, 0.4) is 0 Å². The molecule has 4 nitrogen and oxygen atoms in total. The van der Waals surface area contributed by atoms with Crippen LogP contribution >= 0.6 is 15.9 Å². The minimum Gasteiger partial charge on any atom is -0.396 e. The Morgan fingerprint density at radius 3 is 2.52 bits per heavy atom. The first-order valence-electron chi connectivity index (χ1n) is 8.51. The minimum absolute atomic E-state index is 0.0576. The number of hydrogen-bond acceptors (Lipinski definition) is 2. The molecule has 0 atom stereocenters. The van der Waals surface area contributed by atoms with Crippen LogP contribution < -0.4 is 10.6 Å². The molecule has 0 spiro atoms. The fourth-order valence-electron chi connectivity index (χ4n) is 2.97. The quantitative estimate of drug-likeness (QED) is 0.504. The largest absolute Gasteiger partial charge is 0.396 e. The maximum absolute atomic E-state index is 9.43. The Morgan fingerprint density at radius 2 is 1.96 bits per heavy atom. The number of hydrogen-bond donors (Lipinski definition) is 3. The average Bonchev–Trinajstić information content (AvgIpc) is 3.47. The van der Waals surface area contributed by atoms with E-state index in [0.717, 1.165) is 31.9 Å². The molecule has 0 aliphatic heterocycles. The molecule has 0 heterocycles. The second kappa shape index (κ2) is 6.81. The molecule has 0 saturated heterocycles. The van der Waals surface area contributed by atoms with E-state index in [1.807, 2.05) is 0 Å². The molecule has 0 unspecified atom stereocenters. The van der Waals surface area contributed by atoms with Gasteiger partial charge in [0.15, 0.2) is 5.96 Å². The summed E-state index contributed by atoms with van der Waals surface area (Å²) in [6, 6.07) is 8.50. The fraction of sp³-hybridized carbons (Fsp3) is 0.611. The van der Waals surface area contributed by atoms with Gasteiger partial charge < -0.3 is 15.7 Å². The molecule has 0 amide bonds. The Hall–Kier alpha value is -1.07. The van der Waals surface area contributed by atoms with Crippen LogP contribution in [0.5, 0.6) is 0 Å². The molecule has 2 aliphatic rings. The van der Waals surface area contributed by atoms with Gasteiger partial charge in [0.2, 0.25) is 0 Å². The van der Waals surface area contributed by atoms with Crippen molar-refractivity contribution in [2.45, 2.75) is 38.0 Å². The van der Waals surface area contributed by atoms with E-state index in [2.05, 4.69) is 62.7 Å². The van der Waals surface area contributed by atoms with Gasteiger partial charge in [-0.05, 0) is 44.2 Å². The summed E-state index contributed by atoms with van der Waals surface area (Å²) in [5.74, 6) is 0.866. The summed E-state index contributed by atoms with van der Waals surface area (Å²) in [6.07, 6.45) is 4.60. The summed E-state index contributed by atoms with van der Waals surface area (Å²) < 4.78 is 1.19. The topological polar surface area (TPSA) is 56.7 Å². The monoisotopic (exact) mass is 379 g/mol. The fourth-order valence-corrected chi connectivity index (χ4v) is 3.67. The highest BCUT2D eigenvalue weighted by Gasteiger charge is 2.45. The zero-order valence-corrected chi connectivity index (χ0v) is 15.3. The number of nitrogens with one attached hydrogen (secondary N) is 2. The number of rotatable bonds is 7. The lowest BCUT2D eigenvalue weighted by molar-refractivity contribution is 0.217. The molecule has 1 aromatic carbocycles. The van der Waals surface area contributed by atoms with Crippen molar-refractivity contribution in [2.24, 2.45) is 10.4 Å². The van der Waals surface area contributed by atoms with Gasteiger partial charge in [-0.2, -0.15) is 0 Å². The molecule has 5 heteroatoms. The van der Waals surface area contributed by atoms with Gasteiger partial charge in [-0.25, -0.2) is 0 Å². The lowest BCUT2D eigenvalue weighted by Crippen LogP contribution is -2.41. The SMILES string of the molecule is CCNC(=NCC1(CO)CC1)NCC1(c2ccccc2Br)CC1. The predicted molar refractivity (Wildman–Crippen MR) is 97.8 cm³/mol. The summed E-state index contributed by atoms with van der Waals surface area (Å²) in [6.45, 7) is 4.78. The number of guanidine groups is 1. The van der Waals surface area contributed by atoms with Gasteiger partial charge >= 0.3 is 0 Å². The van der Waals surface area contributed by atoms with Crippen LogP contribution in [0.4, 0.5) is 0 Å². The van der Waals surface area contributed by atoms with E-state index in [1.54, 1.807) is 0 Å². The van der Waals surface area contributed by atoms with Crippen molar-refractivity contribution >= 4 is 21.9 Å². The Morgan fingerprint density at radius 1 is 1.22 bits per heavy atom. The second-order valence-corrected chi connectivity index (χ2v) is 7.82. The van der Waals surface area contributed by atoms with E-state index in [0.29, 0.717) is 6.54 Å². The van der Waals surface area contributed by atoms with E-state index in [1.165, 1.54) is 22.9 Å². The van der Waals surface area contributed by atoms with E-state index >= 15 is 0 Å². The highest BCUT2D eigenvalue weighted by molar-refractivity contribution is 9.10. The summed E-state index contributed by atoms with van der Waals surface area (Å²) >= 11 is 3.68. The van der Waals surface area contributed by atoms with Gasteiger partial charge in [0.25, 0.3) is 0 Å². The molecular weight excluding hydrogens is 354 g/mol. The molecule has 2 saturated carbocycles. The Balaban J connectivity index is 1.63. The molecule has 0 bridgehead atoms. The predicted octanol–water partition coefficient (Wildman–Crippen LogP) is 2.81. The third-order valence-corrected chi connectivity index (χ3v) is 5.79. The number of halogens is 1. The van der Waals surface area contributed by atoms with Crippen molar-refractivity contribution in [3.8, 4) is 0 Å². The van der Waals surface area contributed by atoms with E-state index in [4.69, 9.17) is 0 Å². The van der Waals surface area contributed by atoms with Gasteiger partial charge in [-0.1, -0.05) is 34.1 Å². The molecule has 126 valence electrons. The molecule has 1 aromatic rings. The minimum atomic E-state index is 0.0576. The maximum atomic E-state index is 9.43. The first kappa shape index (κ1) is 16.8. The number of aliphatic hydroxyl groups excluding tert-OH is 1. The molecular formula is C18H26BrN3O. The summed E-state index contributed by atoms with van der Waals surface area (Å²) in [5, 5.41) is 16.3. The maximum Gasteiger partial charge on any atom is 0.191 e. The molecule has 2 aliphatic carbocycles. The van der Waals surface area contributed by atoms with E-state index < -0.39 is 0 Å². The van der Waals surface area contributed by atoms with Crippen molar-refractivity contribution in [1.29, 1.82) is 0 Å². The third kappa shape index (κ3) is 3.89. The Labute approximate surface area is 146 Å². The smallest absolute Gasteiger partial charge is 0.191 e. The van der Waals surface area contributed by atoms with Gasteiger partial charge in [-0.15, -0.1) is 0 Å². The average molecular weight is 380 g/mol. The first-order chi connectivity index (χ1) is 11.1. The number of aliphatic imine (C=N–C) groups is 1. The third-order valence-electron chi connectivity index (χ3n) is 5.10. The van der Waals surface area contributed by atoms with E-state index in [-0.39, 0.29) is 17.4 Å². The molecule has 3 N–H and O–H groups in total. The van der Waals surface area contributed by atoms with Crippen LogP contribution in [0.2, 0.25) is 0 Å². The van der Waals surface area contributed by atoms with Gasteiger partial charge in [0.1, 0.15) is 0 Å². The number of nitrogens with zero attached hydrogens (tertiary/aromatic N) is 1. The Bertz CT molecular complexity index is 579. The highest BCUT2D eigenvalue weighted by atomic mass is 79.9. The normalized spacial score (nSPS) is 20.9. The summed E-state index contributed by atoms with van der Waals surface area (Å²) in [5.41, 5.74) is 1.67. The zero-order valence-electron chi connectivity index (χ0n) is 13.7. The highest BCUT2D eigenvalue weighted by Crippen LogP contribution is 2.50. The van der Waals surface area contributed by atoms with Gasteiger partial charge in [-0.3, -0.25) is 4.99 Å². The zero-order chi connectivity index (χ0) is 16.3. The van der Waals surface area contributed by atoms with Crippen LogP contribution in [-0.2, 0) is 5.41 Å². The van der Waals surface area contributed by atoms with Crippen molar-refractivity contribution < 1.29 is 5.11 Å². The van der Waals surface area contributed by atoms with Gasteiger partial charge in [0, 0.05) is 28.4 Å². The summed E-state index contributed by atoms with van der Waals surface area (Å²) in [4.78, 5) is 4.69. The summed E-state index contributed by atoms with van der Waals surface area (Å²) in [7, 11) is 0. The molecule has 3 rings (SSSR count). The molecule has 0 aromatic heterocycles. The first-order valence-corrected chi connectivity index (χ1v) is 9.30. The lowest BCUT2D eigenvalue weighted by atomic mass is 9.96. The Kier molecular flexibility index (Phi) is 4.97. The number of benzene rings is 1. The van der Waals surface area contributed by atoms with Crippen LogP contribution in [-0.4, -0.2) is 37.3 Å². The van der Waals surface area contributed by atoms with Crippen LogP contribution in [0.15, 0.2) is 33.7 Å². The number of aliphatic hydroxyl groups is 1. The van der Waals surface area contributed by atoms with Crippen LogP contribution in [0, 0.1) is 5.41 Å². The lowest BCUT2D eigenvalue weighted by Gasteiger charge is -2.20. The van der Waals surface area contributed by atoms with Crippen molar-refractivity contribution in [3.05, 3.63) is 34.3 Å². The molecule has 23 heavy (non-hydrogen) atoms. The second-order valence-electron chi connectivity index (χ2n) is 6.97. The van der Waals surface area contributed by atoms with Crippen molar-refractivity contribution in [1.82, 2.24) is 10.6 Å². The van der Waals surface area contributed by atoms with Crippen molar-refractivity contribution in [2.75, 3.05) is 26.2 Å². The van der Waals surface area contributed by atoms with Crippen molar-refractivity contribution in [3.63, 3.8) is 0 Å². The standard InChI is InChI=1S/C18H26BrN3O/c1-2-20-16(21-11-17(13-23)7-8-17)22-12-18(9-10-18)14-5-3-4-6-15(14)19/h3-6,23H,2,7-13H2,1H3,(H2,20,21,22). The molecule has 0 radical (unpaired) electrons. The van der Waals surface area contributed by atoms with Crippen LogP contribution in [0.25, 0.3) is 0 Å². The molecule has 2 fully saturated rings. The van der Waals surface area contributed by atoms with Crippen LogP contribution in [0.1, 0.15) is 38.2 Å².